The smallest absolute Gasteiger partial charge is 0.322 e. The summed E-state index contributed by atoms with van der Waals surface area (Å²) in [7, 11) is 2.16. The van der Waals surface area contributed by atoms with E-state index in [2.05, 4.69) is 24.2 Å². The Bertz CT molecular complexity index is 248. The Morgan fingerprint density at radius 2 is 2.06 bits per heavy atom. The summed E-state index contributed by atoms with van der Waals surface area (Å²) in [6.45, 7) is 9.63. The number of likely N-dealkylation sites (tertiary alicyclic amines) is 1. The lowest BCUT2D eigenvalue weighted by Gasteiger charge is -2.38. The van der Waals surface area contributed by atoms with E-state index in [0.29, 0.717) is 12.0 Å². The van der Waals surface area contributed by atoms with Gasteiger partial charge in [0, 0.05) is 6.54 Å². The van der Waals surface area contributed by atoms with Crippen LogP contribution in [0.5, 0.6) is 0 Å². The van der Waals surface area contributed by atoms with Crippen molar-refractivity contribution in [2.45, 2.75) is 39.7 Å². The van der Waals surface area contributed by atoms with E-state index < -0.39 is 0 Å². The summed E-state index contributed by atoms with van der Waals surface area (Å²) in [4.78, 5) is 13.8. The topological polar surface area (TPSA) is 41.6 Å². The van der Waals surface area contributed by atoms with Gasteiger partial charge in [0.15, 0.2) is 0 Å². The molecule has 0 spiro atoms. The Balaban J connectivity index is 2.32. The number of ether oxygens (including phenoxy) is 1. The van der Waals surface area contributed by atoms with Gasteiger partial charge in [-0.1, -0.05) is 6.92 Å². The second-order valence-corrected chi connectivity index (χ2v) is 5.47. The van der Waals surface area contributed by atoms with Crippen molar-refractivity contribution in [2.24, 2.45) is 5.41 Å². The zero-order valence-electron chi connectivity index (χ0n) is 11.6. The molecular weight excluding hydrogens is 216 g/mol. The van der Waals surface area contributed by atoms with Crippen molar-refractivity contribution in [2.75, 3.05) is 33.3 Å². The predicted molar refractivity (Wildman–Crippen MR) is 68.9 cm³/mol. The number of piperidine rings is 1. The van der Waals surface area contributed by atoms with Crippen molar-refractivity contribution in [1.29, 1.82) is 0 Å². The van der Waals surface area contributed by atoms with Crippen molar-refractivity contribution in [3.63, 3.8) is 0 Å². The highest BCUT2D eigenvalue weighted by Crippen LogP contribution is 2.29. The fourth-order valence-corrected chi connectivity index (χ4v) is 2.09. The number of carbonyl (C=O) groups excluding carboxylic acids is 1. The highest BCUT2D eigenvalue weighted by Gasteiger charge is 2.29. The Hall–Kier alpha value is -0.610. The molecule has 0 aromatic heterocycles. The molecule has 1 aliphatic rings. The molecule has 0 radical (unpaired) electrons. The molecule has 0 aliphatic carbocycles. The molecule has 4 heteroatoms. The fraction of sp³-hybridized carbons (Fsp3) is 0.923. The zero-order valence-corrected chi connectivity index (χ0v) is 11.6. The molecule has 0 aromatic rings. The van der Waals surface area contributed by atoms with Crippen LogP contribution in [0.2, 0.25) is 0 Å². The lowest BCUT2D eigenvalue weighted by molar-refractivity contribution is -0.145. The molecule has 1 aliphatic heterocycles. The van der Waals surface area contributed by atoms with Crippen molar-refractivity contribution in [1.82, 2.24) is 10.2 Å². The average Bonchev–Trinajstić information content (AvgIpc) is 2.31. The quantitative estimate of drug-likeness (QED) is 0.737. The number of esters is 1. The lowest BCUT2D eigenvalue weighted by atomic mass is 9.80. The molecule has 1 unspecified atom stereocenters. The first-order valence-corrected chi connectivity index (χ1v) is 6.55. The Labute approximate surface area is 105 Å². The Morgan fingerprint density at radius 1 is 1.47 bits per heavy atom. The second kappa shape index (κ2) is 6.36. The van der Waals surface area contributed by atoms with Crippen molar-refractivity contribution >= 4 is 5.97 Å². The van der Waals surface area contributed by atoms with Gasteiger partial charge in [0.2, 0.25) is 0 Å². The predicted octanol–water partition coefficient (Wildman–Crippen LogP) is 1.26. The van der Waals surface area contributed by atoms with E-state index in [0.717, 1.165) is 19.6 Å². The van der Waals surface area contributed by atoms with E-state index in [1.807, 2.05) is 13.8 Å². The normalized spacial score (nSPS) is 22.1. The lowest BCUT2D eigenvalue weighted by Crippen LogP contribution is -2.46. The van der Waals surface area contributed by atoms with Crippen LogP contribution in [0.3, 0.4) is 0 Å². The summed E-state index contributed by atoms with van der Waals surface area (Å²) in [6.07, 6.45) is 2.37. The number of carbonyl (C=O) groups is 1. The van der Waals surface area contributed by atoms with Crippen LogP contribution in [0.25, 0.3) is 0 Å². The van der Waals surface area contributed by atoms with Gasteiger partial charge >= 0.3 is 5.97 Å². The van der Waals surface area contributed by atoms with E-state index in [4.69, 9.17) is 4.74 Å². The van der Waals surface area contributed by atoms with E-state index in [1.54, 1.807) is 0 Å². The molecular formula is C13H26N2O2. The molecule has 1 rings (SSSR count). The molecule has 0 aromatic carbocycles. The van der Waals surface area contributed by atoms with Crippen LogP contribution < -0.4 is 5.32 Å². The molecule has 0 amide bonds. The van der Waals surface area contributed by atoms with Gasteiger partial charge in [0.05, 0.1) is 6.61 Å². The first-order valence-electron chi connectivity index (χ1n) is 6.55. The van der Waals surface area contributed by atoms with Crippen LogP contribution in [0.15, 0.2) is 0 Å². The monoisotopic (exact) mass is 242 g/mol. The van der Waals surface area contributed by atoms with Crippen LogP contribution in [0, 0.1) is 5.41 Å². The van der Waals surface area contributed by atoms with E-state index in [9.17, 15) is 4.79 Å². The van der Waals surface area contributed by atoms with Gasteiger partial charge in [0.25, 0.3) is 0 Å². The largest absolute Gasteiger partial charge is 0.465 e. The Morgan fingerprint density at radius 3 is 2.59 bits per heavy atom. The van der Waals surface area contributed by atoms with E-state index >= 15 is 0 Å². The molecule has 1 fully saturated rings. The summed E-state index contributed by atoms with van der Waals surface area (Å²) in [6, 6.07) is -0.202. The van der Waals surface area contributed by atoms with Crippen molar-refractivity contribution < 1.29 is 9.53 Å². The number of hydrogen-bond donors (Lipinski definition) is 1. The summed E-state index contributed by atoms with van der Waals surface area (Å²) >= 11 is 0. The third kappa shape index (κ3) is 4.64. The van der Waals surface area contributed by atoms with Gasteiger partial charge in [-0.05, 0) is 52.2 Å². The molecule has 1 saturated heterocycles. The molecule has 0 saturated carbocycles. The van der Waals surface area contributed by atoms with Crippen molar-refractivity contribution in [3.8, 4) is 0 Å². The first-order chi connectivity index (χ1) is 7.97. The van der Waals surface area contributed by atoms with Gasteiger partial charge in [-0.25, -0.2) is 0 Å². The van der Waals surface area contributed by atoms with Crippen molar-refractivity contribution in [3.05, 3.63) is 0 Å². The van der Waals surface area contributed by atoms with Gasteiger partial charge in [-0.3, -0.25) is 4.79 Å². The van der Waals surface area contributed by atoms with Gasteiger partial charge in [-0.2, -0.15) is 0 Å². The molecule has 100 valence electrons. The summed E-state index contributed by atoms with van der Waals surface area (Å²) in [5.41, 5.74) is 0.313. The summed E-state index contributed by atoms with van der Waals surface area (Å²) in [5.74, 6) is -0.149. The fourth-order valence-electron chi connectivity index (χ4n) is 2.09. The van der Waals surface area contributed by atoms with Gasteiger partial charge < -0.3 is 15.0 Å². The molecule has 0 bridgehead atoms. The number of hydrogen-bond acceptors (Lipinski definition) is 4. The highest BCUT2D eigenvalue weighted by atomic mass is 16.5. The maximum atomic E-state index is 11.5. The van der Waals surface area contributed by atoms with Crippen LogP contribution in [-0.2, 0) is 9.53 Å². The molecule has 17 heavy (non-hydrogen) atoms. The Kier molecular flexibility index (Phi) is 5.40. The van der Waals surface area contributed by atoms with Crippen LogP contribution >= 0.6 is 0 Å². The first kappa shape index (κ1) is 14.5. The SMILES string of the molecule is CCOC(=O)C(C)NCC1(C)CCN(C)CC1. The minimum atomic E-state index is -0.202. The minimum absolute atomic E-state index is 0.149. The van der Waals surface area contributed by atoms with E-state index in [-0.39, 0.29) is 12.0 Å². The summed E-state index contributed by atoms with van der Waals surface area (Å²) in [5, 5.41) is 3.30. The molecule has 4 nitrogen and oxygen atoms in total. The van der Waals surface area contributed by atoms with Gasteiger partial charge in [-0.15, -0.1) is 0 Å². The maximum absolute atomic E-state index is 11.5. The third-order valence-corrected chi connectivity index (χ3v) is 3.67. The molecule has 1 atom stereocenters. The van der Waals surface area contributed by atoms with E-state index in [1.165, 1.54) is 12.8 Å². The van der Waals surface area contributed by atoms with Gasteiger partial charge in [0.1, 0.15) is 6.04 Å². The summed E-state index contributed by atoms with van der Waals surface area (Å²) < 4.78 is 4.98. The molecule has 1 N–H and O–H groups in total. The van der Waals surface area contributed by atoms with Crippen LogP contribution in [0.4, 0.5) is 0 Å². The molecule has 1 heterocycles. The average molecular weight is 242 g/mol. The number of rotatable bonds is 5. The zero-order chi connectivity index (χ0) is 12.9. The minimum Gasteiger partial charge on any atom is -0.465 e. The number of nitrogens with zero attached hydrogens (tertiary/aromatic N) is 1. The standard InChI is InChI=1S/C13H26N2O2/c1-5-17-12(16)11(2)14-10-13(3)6-8-15(4)9-7-13/h11,14H,5-10H2,1-4H3. The maximum Gasteiger partial charge on any atom is 0.322 e. The third-order valence-electron chi connectivity index (χ3n) is 3.67. The van der Waals surface area contributed by atoms with Crippen LogP contribution in [0.1, 0.15) is 33.6 Å². The highest BCUT2D eigenvalue weighted by molar-refractivity contribution is 5.75. The number of nitrogens with one attached hydrogen (secondary N) is 1. The second-order valence-electron chi connectivity index (χ2n) is 5.47. The van der Waals surface area contributed by atoms with Crippen LogP contribution in [-0.4, -0.2) is 50.2 Å².